The zero-order valence-electron chi connectivity index (χ0n) is 13.0. The molecule has 0 aliphatic heterocycles. The Hall–Kier alpha value is -1.63. The quantitative estimate of drug-likeness (QED) is 0.902. The van der Waals surface area contributed by atoms with Gasteiger partial charge in [-0.25, -0.2) is 14.6 Å². The number of carbonyl (C=O) groups is 2. The number of aliphatic carboxylic acids is 1. The molecule has 1 aromatic rings. The number of aromatic nitrogens is 1. The second kappa shape index (κ2) is 6.89. The van der Waals surface area contributed by atoms with Crippen LogP contribution in [0.15, 0.2) is 5.38 Å². The first-order valence-electron chi connectivity index (χ1n) is 6.80. The van der Waals surface area contributed by atoms with Gasteiger partial charge in [0.1, 0.15) is 10.6 Å². The summed E-state index contributed by atoms with van der Waals surface area (Å²) in [6.45, 7) is 9.21. The highest BCUT2D eigenvalue weighted by atomic mass is 32.1. The lowest BCUT2D eigenvalue weighted by molar-refractivity contribution is -0.143. The summed E-state index contributed by atoms with van der Waals surface area (Å²) in [6, 6.07) is -1.11. The Kier molecular flexibility index (Phi) is 5.71. The van der Waals surface area contributed by atoms with Gasteiger partial charge in [0, 0.05) is 17.6 Å². The van der Waals surface area contributed by atoms with Crippen molar-refractivity contribution in [2.24, 2.45) is 0 Å². The van der Waals surface area contributed by atoms with E-state index < -0.39 is 23.7 Å². The van der Waals surface area contributed by atoms with Gasteiger partial charge in [-0.2, -0.15) is 0 Å². The zero-order chi connectivity index (χ0) is 16.2. The number of carboxylic acid groups (broad SMARTS) is 1. The van der Waals surface area contributed by atoms with Gasteiger partial charge >= 0.3 is 12.1 Å². The average molecular weight is 314 g/mol. The second-order valence-corrected chi connectivity index (χ2v) is 6.63. The molecule has 0 aliphatic carbocycles. The van der Waals surface area contributed by atoms with Crippen LogP contribution in [0.4, 0.5) is 4.79 Å². The first-order valence-corrected chi connectivity index (χ1v) is 7.68. The van der Waals surface area contributed by atoms with E-state index in [0.29, 0.717) is 18.0 Å². The highest BCUT2D eigenvalue weighted by Crippen LogP contribution is 2.26. The molecule has 0 aromatic carbocycles. The van der Waals surface area contributed by atoms with Crippen molar-refractivity contribution >= 4 is 23.4 Å². The van der Waals surface area contributed by atoms with E-state index in [9.17, 15) is 14.7 Å². The summed E-state index contributed by atoms with van der Waals surface area (Å²) < 4.78 is 5.31. The molecule has 0 saturated carbocycles. The number of thiazole rings is 1. The zero-order valence-corrected chi connectivity index (χ0v) is 13.9. The summed E-state index contributed by atoms with van der Waals surface area (Å²) in [5.41, 5.74) is 0.0622. The molecular weight excluding hydrogens is 292 g/mol. The first-order chi connectivity index (χ1) is 9.65. The molecule has 1 N–H and O–H groups in total. The van der Waals surface area contributed by atoms with Gasteiger partial charge in [0.15, 0.2) is 6.04 Å². The van der Waals surface area contributed by atoms with E-state index in [1.54, 1.807) is 33.1 Å². The first kappa shape index (κ1) is 17.4. The Morgan fingerprint density at radius 3 is 2.48 bits per heavy atom. The van der Waals surface area contributed by atoms with Gasteiger partial charge in [-0.05, 0) is 34.1 Å². The predicted octanol–water partition coefficient (Wildman–Crippen LogP) is 3.22. The molecule has 0 aliphatic rings. The highest BCUT2D eigenvalue weighted by Gasteiger charge is 2.35. The third-order valence-corrected chi connectivity index (χ3v) is 3.52. The summed E-state index contributed by atoms with van der Waals surface area (Å²) in [6.07, 6.45) is -0.00231. The molecule has 1 heterocycles. The van der Waals surface area contributed by atoms with Crippen molar-refractivity contribution in [3.63, 3.8) is 0 Å². The third-order valence-electron chi connectivity index (χ3n) is 2.51. The van der Waals surface area contributed by atoms with Gasteiger partial charge in [0.05, 0.1) is 0 Å². The van der Waals surface area contributed by atoms with E-state index >= 15 is 0 Å². The Morgan fingerprint density at radius 1 is 1.48 bits per heavy atom. The van der Waals surface area contributed by atoms with Crippen molar-refractivity contribution < 1.29 is 19.4 Å². The third kappa shape index (κ3) is 5.00. The lowest BCUT2D eigenvalue weighted by Gasteiger charge is -2.30. The summed E-state index contributed by atoms with van der Waals surface area (Å²) in [5.74, 6) is -1.11. The van der Waals surface area contributed by atoms with E-state index in [-0.39, 0.29) is 0 Å². The van der Waals surface area contributed by atoms with Crippen molar-refractivity contribution in [1.29, 1.82) is 0 Å². The lowest BCUT2D eigenvalue weighted by atomic mass is 10.2. The molecule has 1 unspecified atom stereocenters. The Balaban J connectivity index is 3.09. The number of rotatable bonds is 5. The number of amides is 1. The van der Waals surface area contributed by atoms with Gasteiger partial charge in [-0.15, -0.1) is 11.3 Å². The van der Waals surface area contributed by atoms with E-state index in [4.69, 9.17) is 4.74 Å². The highest BCUT2D eigenvalue weighted by molar-refractivity contribution is 7.09. The Labute approximate surface area is 128 Å². The topological polar surface area (TPSA) is 79.7 Å². The van der Waals surface area contributed by atoms with Crippen molar-refractivity contribution in [3.05, 3.63) is 16.1 Å². The molecule has 0 radical (unpaired) electrons. The Bertz CT molecular complexity index is 507. The maximum Gasteiger partial charge on any atom is 0.411 e. The normalized spacial score (nSPS) is 12.8. The molecule has 1 aromatic heterocycles. The van der Waals surface area contributed by atoms with Crippen LogP contribution in [-0.2, 0) is 9.53 Å². The molecular formula is C14H22N2O4S. The maximum absolute atomic E-state index is 12.3. The van der Waals surface area contributed by atoms with Crippen LogP contribution in [0.2, 0.25) is 0 Å². The number of nitrogens with zero attached hydrogens (tertiary/aromatic N) is 2. The van der Waals surface area contributed by atoms with Gasteiger partial charge in [0.2, 0.25) is 0 Å². The van der Waals surface area contributed by atoms with Crippen LogP contribution in [0.5, 0.6) is 0 Å². The summed E-state index contributed by atoms with van der Waals surface area (Å²) in [7, 11) is 0. The summed E-state index contributed by atoms with van der Waals surface area (Å²) in [5, 5.41) is 11.7. The molecule has 0 spiro atoms. The van der Waals surface area contributed by atoms with E-state index in [1.165, 1.54) is 16.2 Å². The lowest BCUT2D eigenvalue weighted by Crippen LogP contribution is -2.42. The van der Waals surface area contributed by atoms with Crippen LogP contribution in [0.3, 0.4) is 0 Å². The van der Waals surface area contributed by atoms with Gasteiger partial charge < -0.3 is 9.84 Å². The van der Waals surface area contributed by atoms with Crippen LogP contribution in [0, 0.1) is 6.92 Å². The number of hydrogen-bond acceptors (Lipinski definition) is 5. The van der Waals surface area contributed by atoms with Crippen molar-refractivity contribution in [2.45, 2.75) is 52.7 Å². The number of ether oxygens (including phenoxy) is 1. The van der Waals surface area contributed by atoms with Crippen LogP contribution < -0.4 is 0 Å². The fraction of sp³-hybridized carbons (Fsp3) is 0.643. The predicted molar refractivity (Wildman–Crippen MR) is 80.5 cm³/mol. The molecule has 1 amide bonds. The molecule has 0 fully saturated rings. The monoisotopic (exact) mass is 314 g/mol. The minimum absolute atomic E-state index is 0.296. The molecule has 0 bridgehead atoms. The number of hydrogen-bond donors (Lipinski definition) is 1. The number of aryl methyl sites for hydroxylation is 1. The van der Waals surface area contributed by atoms with Crippen molar-refractivity contribution in [1.82, 2.24) is 9.88 Å². The number of carbonyl (C=O) groups excluding carboxylic acids is 1. The van der Waals surface area contributed by atoms with Gasteiger partial charge in [0.25, 0.3) is 0 Å². The molecule has 7 heteroatoms. The number of carboxylic acids is 1. The fourth-order valence-electron chi connectivity index (χ4n) is 1.76. The second-order valence-electron chi connectivity index (χ2n) is 5.74. The Morgan fingerprint density at radius 2 is 2.10 bits per heavy atom. The fourth-order valence-corrected chi connectivity index (χ4v) is 2.65. The summed E-state index contributed by atoms with van der Waals surface area (Å²) in [4.78, 5) is 29.3. The van der Waals surface area contributed by atoms with Gasteiger partial charge in [-0.3, -0.25) is 4.90 Å². The molecule has 0 saturated heterocycles. The van der Waals surface area contributed by atoms with Crippen LogP contribution in [0.25, 0.3) is 0 Å². The SMILES string of the molecule is CCCN(C(=O)OC(C)(C)C)C(C(=O)O)c1nc(C)cs1. The molecule has 21 heavy (non-hydrogen) atoms. The van der Waals surface area contributed by atoms with Crippen molar-refractivity contribution in [2.75, 3.05) is 6.54 Å². The molecule has 6 nitrogen and oxygen atoms in total. The minimum Gasteiger partial charge on any atom is -0.479 e. The molecule has 1 rings (SSSR count). The molecule has 1 atom stereocenters. The average Bonchev–Trinajstić information content (AvgIpc) is 2.72. The standard InChI is InChI=1S/C14H22N2O4S/c1-6-7-16(13(19)20-14(3,4)5)10(12(17)18)11-15-9(2)8-21-11/h8,10H,6-7H2,1-5H3,(H,17,18). The minimum atomic E-state index is -1.11. The summed E-state index contributed by atoms with van der Waals surface area (Å²) >= 11 is 1.23. The van der Waals surface area contributed by atoms with E-state index in [0.717, 1.165) is 5.69 Å². The van der Waals surface area contributed by atoms with E-state index in [1.807, 2.05) is 6.92 Å². The van der Waals surface area contributed by atoms with Crippen LogP contribution in [0.1, 0.15) is 50.9 Å². The van der Waals surface area contributed by atoms with Crippen LogP contribution >= 0.6 is 11.3 Å². The van der Waals surface area contributed by atoms with Gasteiger partial charge in [-0.1, -0.05) is 6.92 Å². The molecule has 118 valence electrons. The maximum atomic E-state index is 12.3. The van der Waals surface area contributed by atoms with Crippen LogP contribution in [-0.4, -0.2) is 39.2 Å². The largest absolute Gasteiger partial charge is 0.479 e. The van der Waals surface area contributed by atoms with Crippen molar-refractivity contribution in [3.8, 4) is 0 Å². The smallest absolute Gasteiger partial charge is 0.411 e. The van der Waals surface area contributed by atoms with E-state index in [2.05, 4.69) is 4.98 Å².